The van der Waals surface area contributed by atoms with Crippen molar-refractivity contribution in [3.8, 4) is 0 Å². The maximum absolute atomic E-state index is 10.6. The first kappa shape index (κ1) is 10.2. The molecule has 0 heterocycles. The van der Waals surface area contributed by atoms with Gasteiger partial charge in [0, 0.05) is 5.02 Å². The molecule has 0 aliphatic rings. The number of hydrogen-bond acceptors (Lipinski definition) is 2. The first-order valence-corrected chi connectivity index (χ1v) is 4.64. The van der Waals surface area contributed by atoms with Crippen molar-refractivity contribution in [3.05, 3.63) is 28.8 Å². The number of carboxylic acid groups (broad SMARTS) is 1. The normalized spacial score (nSPS) is 12.5. The lowest BCUT2D eigenvalue weighted by Gasteiger charge is -1.99. The molecule has 0 radical (unpaired) electrons. The molecule has 0 spiro atoms. The maximum atomic E-state index is 10.6. The van der Waals surface area contributed by atoms with Gasteiger partial charge in [-0.25, -0.2) is 9.00 Å². The second kappa shape index (κ2) is 3.87. The van der Waals surface area contributed by atoms with Crippen LogP contribution in [0.25, 0.3) is 0 Å². The largest absolute Gasteiger partial charge is 0.478 e. The van der Waals surface area contributed by atoms with E-state index >= 15 is 0 Å². The third-order valence-electron chi connectivity index (χ3n) is 1.32. The Bertz CT molecular complexity index is 345. The Morgan fingerprint density at radius 1 is 1.38 bits per heavy atom. The fourth-order valence-corrected chi connectivity index (χ4v) is 1.54. The van der Waals surface area contributed by atoms with Crippen molar-refractivity contribution in [1.82, 2.24) is 0 Å². The molecule has 0 fully saturated rings. The van der Waals surface area contributed by atoms with E-state index in [0.717, 1.165) is 6.07 Å². The van der Waals surface area contributed by atoms with Crippen LogP contribution in [0.1, 0.15) is 10.4 Å². The predicted molar refractivity (Wildman–Crippen MR) is 47.4 cm³/mol. The molecule has 6 heteroatoms. The minimum absolute atomic E-state index is 0.0232. The molecule has 2 N–H and O–H groups in total. The van der Waals surface area contributed by atoms with Crippen LogP contribution in [0.2, 0.25) is 5.02 Å². The second-order valence-corrected chi connectivity index (χ2v) is 3.64. The number of halogens is 1. The van der Waals surface area contributed by atoms with E-state index in [4.69, 9.17) is 21.3 Å². The quantitative estimate of drug-likeness (QED) is 0.743. The summed E-state index contributed by atoms with van der Waals surface area (Å²) in [5.74, 6) is -1.19. The lowest BCUT2D eigenvalue weighted by atomic mass is 10.2. The average molecular weight is 221 g/mol. The van der Waals surface area contributed by atoms with E-state index < -0.39 is 17.0 Å². The second-order valence-electron chi connectivity index (χ2n) is 2.23. The van der Waals surface area contributed by atoms with Gasteiger partial charge < -0.3 is 9.66 Å². The van der Waals surface area contributed by atoms with Crippen LogP contribution in [0.4, 0.5) is 0 Å². The van der Waals surface area contributed by atoms with E-state index in [0.29, 0.717) is 0 Å². The molecule has 1 aromatic rings. The minimum atomic E-state index is -2.21. The van der Waals surface area contributed by atoms with Gasteiger partial charge in [0.25, 0.3) is 0 Å². The summed E-state index contributed by atoms with van der Waals surface area (Å²) in [7, 11) is 0. The monoisotopic (exact) mass is 220 g/mol. The molecule has 0 bridgehead atoms. The molecule has 4 nitrogen and oxygen atoms in total. The number of aromatic carboxylic acids is 1. The van der Waals surface area contributed by atoms with Gasteiger partial charge >= 0.3 is 5.97 Å². The van der Waals surface area contributed by atoms with E-state index in [2.05, 4.69) is 0 Å². The Labute approximate surface area is 81.4 Å². The maximum Gasteiger partial charge on any atom is 0.335 e. The van der Waals surface area contributed by atoms with Gasteiger partial charge in [0.2, 0.25) is 0 Å². The molecule has 0 aliphatic heterocycles. The fraction of sp³-hybridized carbons (Fsp3) is 0. The third kappa shape index (κ3) is 2.51. The van der Waals surface area contributed by atoms with E-state index in [9.17, 15) is 9.00 Å². The highest BCUT2D eigenvalue weighted by Crippen LogP contribution is 2.17. The predicted octanol–water partition coefficient (Wildman–Crippen LogP) is 1.62. The summed E-state index contributed by atoms with van der Waals surface area (Å²) in [5.41, 5.74) is -0.107. The van der Waals surface area contributed by atoms with Crippen molar-refractivity contribution in [2.45, 2.75) is 4.90 Å². The molecule has 1 atom stereocenters. The van der Waals surface area contributed by atoms with Crippen LogP contribution in [-0.2, 0) is 11.1 Å². The van der Waals surface area contributed by atoms with Gasteiger partial charge in [-0.1, -0.05) is 11.6 Å². The first-order valence-electron chi connectivity index (χ1n) is 3.15. The number of carboxylic acids is 1. The van der Waals surface area contributed by atoms with Crippen molar-refractivity contribution in [1.29, 1.82) is 0 Å². The molecule has 0 aromatic heterocycles. The summed E-state index contributed by atoms with van der Waals surface area (Å²) >= 11 is 3.32. The lowest BCUT2D eigenvalue weighted by Crippen LogP contribution is -1.98. The zero-order valence-electron chi connectivity index (χ0n) is 6.23. The van der Waals surface area contributed by atoms with Crippen molar-refractivity contribution >= 4 is 28.7 Å². The van der Waals surface area contributed by atoms with Crippen LogP contribution in [0.3, 0.4) is 0 Å². The standard InChI is InChI=1S/C7H5ClO4S/c8-5-1-4(7(9)10)2-6(3-5)13(11)12/h1-3H,(H,9,10)(H,11,12). The Kier molecular flexibility index (Phi) is 3.02. The van der Waals surface area contributed by atoms with Crippen LogP contribution in [0.15, 0.2) is 23.1 Å². The van der Waals surface area contributed by atoms with Crippen molar-refractivity contribution in [2.24, 2.45) is 0 Å². The number of rotatable bonds is 2. The van der Waals surface area contributed by atoms with Crippen LogP contribution in [0.5, 0.6) is 0 Å². The molecule has 1 rings (SSSR count). The van der Waals surface area contributed by atoms with Crippen LogP contribution >= 0.6 is 11.6 Å². The van der Waals surface area contributed by atoms with Gasteiger partial charge in [0.05, 0.1) is 10.5 Å². The molecular weight excluding hydrogens is 216 g/mol. The molecule has 0 aliphatic carbocycles. The molecule has 1 aromatic carbocycles. The van der Waals surface area contributed by atoms with Crippen LogP contribution in [0, 0.1) is 0 Å². The van der Waals surface area contributed by atoms with Gasteiger partial charge in [-0.05, 0) is 18.2 Å². The first-order chi connectivity index (χ1) is 6.00. The van der Waals surface area contributed by atoms with Gasteiger partial charge in [-0.15, -0.1) is 0 Å². The van der Waals surface area contributed by atoms with Crippen LogP contribution in [-0.4, -0.2) is 19.8 Å². The SMILES string of the molecule is O=C(O)c1cc(Cl)cc(S(=O)O)c1. The van der Waals surface area contributed by atoms with Gasteiger partial charge in [-0.3, -0.25) is 0 Å². The summed E-state index contributed by atoms with van der Waals surface area (Å²) in [4.78, 5) is 10.5. The van der Waals surface area contributed by atoms with E-state index in [1.165, 1.54) is 12.1 Å². The number of benzene rings is 1. The molecule has 0 amide bonds. The Morgan fingerprint density at radius 2 is 2.00 bits per heavy atom. The van der Waals surface area contributed by atoms with Gasteiger partial charge in [0.1, 0.15) is 0 Å². The Morgan fingerprint density at radius 3 is 2.46 bits per heavy atom. The Hall–Kier alpha value is -0.910. The molecule has 1 unspecified atom stereocenters. The number of hydrogen-bond donors (Lipinski definition) is 2. The zero-order chi connectivity index (χ0) is 10.0. The lowest BCUT2D eigenvalue weighted by molar-refractivity contribution is 0.0696. The molecule has 13 heavy (non-hydrogen) atoms. The van der Waals surface area contributed by atoms with E-state index in [1.807, 2.05) is 0 Å². The molecule has 0 saturated heterocycles. The minimum Gasteiger partial charge on any atom is -0.478 e. The highest BCUT2D eigenvalue weighted by Gasteiger charge is 2.08. The van der Waals surface area contributed by atoms with Gasteiger partial charge in [-0.2, -0.15) is 0 Å². The summed E-state index contributed by atoms with van der Waals surface area (Å²) in [6, 6.07) is 3.55. The molecule has 0 saturated carbocycles. The van der Waals surface area contributed by atoms with Crippen molar-refractivity contribution in [2.75, 3.05) is 0 Å². The average Bonchev–Trinajstić information content (AvgIpc) is 2.03. The Balaban J connectivity index is 3.26. The highest BCUT2D eigenvalue weighted by molar-refractivity contribution is 7.79. The number of carbonyl (C=O) groups is 1. The summed E-state index contributed by atoms with van der Waals surface area (Å²) in [6.07, 6.45) is 0. The van der Waals surface area contributed by atoms with E-state index in [1.54, 1.807) is 0 Å². The molecular formula is C7H5ClO4S. The topological polar surface area (TPSA) is 74.6 Å². The van der Waals surface area contributed by atoms with Gasteiger partial charge in [0.15, 0.2) is 11.1 Å². The highest BCUT2D eigenvalue weighted by atomic mass is 35.5. The molecule has 70 valence electrons. The summed E-state index contributed by atoms with van der Waals surface area (Å²) < 4.78 is 19.3. The third-order valence-corrected chi connectivity index (χ3v) is 2.18. The summed E-state index contributed by atoms with van der Waals surface area (Å²) in [5, 5.41) is 8.70. The van der Waals surface area contributed by atoms with Crippen molar-refractivity contribution in [3.63, 3.8) is 0 Å². The fourth-order valence-electron chi connectivity index (χ4n) is 0.787. The smallest absolute Gasteiger partial charge is 0.335 e. The van der Waals surface area contributed by atoms with Crippen LogP contribution < -0.4 is 0 Å². The van der Waals surface area contributed by atoms with E-state index in [-0.39, 0.29) is 15.5 Å². The summed E-state index contributed by atoms with van der Waals surface area (Å²) in [6.45, 7) is 0. The zero-order valence-corrected chi connectivity index (χ0v) is 7.80. The van der Waals surface area contributed by atoms with Crippen molar-refractivity contribution < 1.29 is 18.7 Å².